The molecule has 2 heteroatoms. The van der Waals surface area contributed by atoms with Crippen molar-refractivity contribution < 1.29 is 0 Å². The molecule has 17 heavy (non-hydrogen) atoms. The third-order valence-corrected chi connectivity index (χ3v) is 4.15. The maximum Gasteiger partial charge on any atom is 0.0192 e. The Hall–Kier alpha value is -0.0800. The van der Waals surface area contributed by atoms with E-state index in [1.165, 1.54) is 64.7 Å². The van der Waals surface area contributed by atoms with Gasteiger partial charge in [-0.05, 0) is 45.2 Å². The summed E-state index contributed by atoms with van der Waals surface area (Å²) < 4.78 is 0. The van der Waals surface area contributed by atoms with Crippen molar-refractivity contribution in [1.29, 1.82) is 0 Å². The maximum absolute atomic E-state index is 3.61. The molecule has 2 unspecified atom stereocenters. The van der Waals surface area contributed by atoms with E-state index in [1.54, 1.807) is 0 Å². The van der Waals surface area contributed by atoms with E-state index in [0.717, 1.165) is 5.92 Å². The number of hydrogen-bond donors (Lipinski definition) is 1. The molecule has 0 aromatic carbocycles. The molecular weight excluding hydrogens is 208 g/mol. The number of nitrogens with one attached hydrogen (secondary N) is 1. The van der Waals surface area contributed by atoms with E-state index in [9.17, 15) is 0 Å². The Labute approximate surface area is 108 Å². The van der Waals surface area contributed by atoms with Gasteiger partial charge >= 0.3 is 0 Å². The number of nitrogens with zero attached hydrogens (tertiary/aromatic N) is 1. The molecule has 0 bridgehead atoms. The van der Waals surface area contributed by atoms with Crippen LogP contribution in [-0.2, 0) is 0 Å². The van der Waals surface area contributed by atoms with Gasteiger partial charge in [-0.3, -0.25) is 4.90 Å². The highest BCUT2D eigenvalue weighted by atomic mass is 15.2. The zero-order chi connectivity index (χ0) is 12.5. The van der Waals surface area contributed by atoms with Crippen LogP contribution in [0.1, 0.15) is 59.3 Å². The highest BCUT2D eigenvalue weighted by molar-refractivity contribution is 4.77. The van der Waals surface area contributed by atoms with Gasteiger partial charge in [0.05, 0.1) is 0 Å². The van der Waals surface area contributed by atoms with Crippen LogP contribution in [0.25, 0.3) is 0 Å². The lowest BCUT2D eigenvalue weighted by Gasteiger charge is -2.36. The fraction of sp³-hybridized carbons (Fsp3) is 1.00. The monoisotopic (exact) mass is 240 g/mol. The summed E-state index contributed by atoms with van der Waals surface area (Å²) in [5.41, 5.74) is 0. The molecule has 0 radical (unpaired) electrons. The number of hydrogen-bond acceptors (Lipinski definition) is 2. The summed E-state index contributed by atoms with van der Waals surface area (Å²) in [5.74, 6) is 0.950. The second-order valence-corrected chi connectivity index (χ2v) is 5.67. The lowest BCUT2D eigenvalue weighted by atomic mass is 9.94. The van der Waals surface area contributed by atoms with E-state index in [0.29, 0.717) is 6.04 Å². The molecule has 0 aliphatic carbocycles. The average molecular weight is 240 g/mol. The number of piperidine rings is 1. The smallest absolute Gasteiger partial charge is 0.0192 e. The van der Waals surface area contributed by atoms with Crippen LogP contribution < -0.4 is 5.32 Å². The molecule has 1 N–H and O–H groups in total. The number of unbranched alkanes of at least 4 members (excludes halogenated alkanes) is 2. The Balaban J connectivity index is 2.11. The van der Waals surface area contributed by atoms with Gasteiger partial charge in [0.2, 0.25) is 0 Å². The van der Waals surface area contributed by atoms with Gasteiger partial charge in [0.25, 0.3) is 0 Å². The summed E-state index contributed by atoms with van der Waals surface area (Å²) in [6.07, 6.45) is 8.22. The Morgan fingerprint density at radius 3 is 2.82 bits per heavy atom. The first-order valence-electron chi connectivity index (χ1n) is 7.72. The summed E-state index contributed by atoms with van der Waals surface area (Å²) in [6.45, 7) is 12.0. The SMILES string of the molecule is CCCCCNCC(C)N1CCCC(CC)C1. The fourth-order valence-electron chi connectivity index (χ4n) is 2.77. The molecule has 2 atom stereocenters. The minimum Gasteiger partial charge on any atom is -0.315 e. The summed E-state index contributed by atoms with van der Waals surface area (Å²) in [6, 6.07) is 0.714. The Morgan fingerprint density at radius 1 is 1.29 bits per heavy atom. The second kappa shape index (κ2) is 8.93. The van der Waals surface area contributed by atoms with Gasteiger partial charge in [0, 0.05) is 19.1 Å². The van der Waals surface area contributed by atoms with Crippen molar-refractivity contribution in [3.63, 3.8) is 0 Å². The van der Waals surface area contributed by atoms with Crippen LogP contribution in [-0.4, -0.2) is 37.1 Å². The van der Waals surface area contributed by atoms with E-state index >= 15 is 0 Å². The van der Waals surface area contributed by atoms with E-state index in [1.807, 2.05) is 0 Å². The standard InChI is InChI=1S/C15H32N2/c1-4-6-7-10-16-12-14(3)17-11-8-9-15(5-2)13-17/h14-16H,4-13H2,1-3H3. The van der Waals surface area contributed by atoms with Crippen molar-refractivity contribution in [2.45, 2.75) is 65.3 Å². The van der Waals surface area contributed by atoms with Crippen LogP contribution in [0.15, 0.2) is 0 Å². The average Bonchev–Trinajstić information content (AvgIpc) is 2.38. The zero-order valence-electron chi connectivity index (χ0n) is 12.2. The van der Waals surface area contributed by atoms with Crippen LogP contribution in [0.3, 0.4) is 0 Å². The predicted octanol–water partition coefficient (Wildman–Crippen LogP) is 3.28. The molecule has 1 aliphatic rings. The van der Waals surface area contributed by atoms with Crippen LogP contribution in [0.4, 0.5) is 0 Å². The Morgan fingerprint density at radius 2 is 2.12 bits per heavy atom. The van der Waals surface area contributed by atoms with Crippen molar-refractivity contribution in [2.75, 3.05) is 26.2 Å². The Kier molecular flexibility index (Phi) is 7.87. The third-order valence-electron chi connectivity index (χ3n) is 4.15. The molecule has 0 amide bonds. The normalized spacial score (nSPS) is 23.8. The van der Waals surface area contributed by atoms with Crippen molar-refractivity contribution in [3.05, 3.63) is 0 Å². The van der Waals surface area contributed by atoms with Gasteiger partial charge in [-0.25, -0.2) is 0 Å². The maximum atomic E-state index is 3.61. The largest absolute Gasteiger partial charge is 0.315 e. The first-order chi connectivity index (χ1) is 8.27. The summed E-state index contributed by atoms with van der Waals surface area (Å²) in [5, 5.41) is 3.61. The highest BCUT2D eigenvalue weighted by Gasteiger charge is 2.21. The van der Waals surface area contributed by atoms with Gasteiger partial charge in [-0.15, -0.1) is 0 Å². The predicted molar refractivity (Wildman–Crippen MR) is 76.4 cm³/mol. The minimum absolute atomic E-state index is 0.714. The van der Waals surface area contributed by atoms with Crippen molar-refractivity contribution in [3.8, 4) is 0 Å². The number of likely N-dealkylation sites (tertiary alicyclic amines) is 1. The molecule has 1 aliphatic heterocycles. The van der Waals surface area contributed by atoms with Gasteiger partial charge in [0.1, 0.15) is 0 Å². The van der Waals surface area contributed by atoms with Gasteiger partial charge in [0.15, 0.2) is 0 Å². The molecule has 2 nitrogen and oxygen atoms in total. The molecule has 0 aromatic rings. The summed E-state index contributed by atoms with van der Waals surface area (Å²) in [4.78, 5) is 2.69. The van der Waals surface area contributed by atoms with Crippen molar-refractivity contribution in [1.82, 2.24) is 10.2 Å². The third kappa shape index (κ3) is 5.87. The van der Waals surface area contributed by atoms with Crippen LogP contribution in [0.2, 0.25) is 0 Å². The van der Waals surface area contributed by atoms with Gasteiger partial charge in [-0.1, -0.05) is 33.1 Å². The van der Waals surface area contributed by atoms with E-state index in [-0.39, 0.29) is 0 Å². The van der Waals surface area contributed by atoms with Crippen LogP contribution in [0, 0.1) is 5.92 Å². The van der Waals surface area contributed by atoms with Gasteiger partial charge in [-0.2, -0.15) is 0 Å². The number of rotatable bonds is 8. The molecule has 0 spiro atoms. The lowest BCUT2D eigenvalue weighted by molar-refractivity contribution is 0.128. The molecular formula is C15H32N2. The van der Waals surface area contributed by atoms with Crippen LogP contribution >= 0.6 is 0 Å². The van der Waals surface area contributed by atoms with E-state index in [2.05, 4.69) is 31.0 Å². The second-order valence-electron chi connectivity index (χ2n) is 5.67. The van der Waals surface area contributed by atoms with Crippen molar-refractivity contribution >= 4 is 0 Å². The molecule has 0 saturated carbocycles. The molecule has 0 aromatic heterocycles. The zero-order valence-corrected chi connectivity index (χ0v) is 12.2. The summed E-state index contributed by atoms with van der Waals surface area (Å²) in [7, 11) is 0. The fourth-order valence-corrected chi connectivity index (χ4v) is 2.77. The quantitative estimate of drug-likeness (QED) is 0.655. The van der Waals surface area contributed by atoms with E-state index in [4.69, 9.17) is 0 Å². The van der Waals surface area contributed by atoms with Gasteiger partial charge < -0.3 is 5.32 Å². The molecule has 1 saturated heterocycles. The van der Waals surface area contributed by atoms with Crippen molar-refractivity contribution in [2.24, 2.45) is 5.92 Å². The topological polar surface area (TPSA) is 15.3 Å². The van der Waals surface area contributed by atoms with Crippen LogP contribution in [0.5, 0.6) is 0 Å². The first kappa shape index (κ1) is 15.0. The summed E-state index contributed by atoms with van der Waals surface area (Å²) >= 11 is 0. The van der Waals surface area contributed by atoms with E-state index < -0.39 is 0 Å². The molecule has 102 valence electrons. The molecule has 1 heterocycles. The minimum atomic E-state index is 0.714. The first-order valence-corrected chi connectivity index (χ1v) is 7.72. The lowest BCUT2D eigenvalue weighted by Crippen LogP contribution is -2.45. The molecule has 1 fully saturated rings. The Bertz CT molecular complexity index is 182. The highest BCUT2D eigenvalue weighted by Crippen LogP contribution is 2.20. The molecule has 1 rings (SSSR count).